The number of nitrogens with zero attached hydrogens (tertiary/aromatic N) is 2. The van der Waals surface area contributed by atoms with Gasteiger partial charge in [-0.05, 0) is 31.6 Å². The molecule has 0 aliphatic carbocycles. The lowest BCUT2D eigenvalue weighted by Crippen LogP contribution is -2.47. The maximum atomic E-state index is 11.1. The van der Waals surface area contributed by atoms with E-state index in [1.165, 1.54) is 6.42 Å². The maximum Gasteiger partial charge on any atom is 0.217 e. The molecule has 1 aliphatic rings. The lowest BCUT2D eigenvalue weighted by Gasteiger charge is -2.34. The summed E-state index contributed by atoms with van der Waals surface area (Å²) in [5.74, 6) is 1.06. The van der Waals surface area contributed by atoms with Crippen molar-refractivity contribution in [2.45, 2.75) is 45.4 Å². The zero-order valence-electron chi connectivity index (χ0n) is 14.6. The standard InChI is InChI=1S/C16H32N4O2.HI/c1-3-4-10-22-11-6-8-19-16(18-2)20-9-5-7-14(13-20)12-15(17)21;/h14H,3-13H2,1-2H3,(H2,17,21)(H,18,19);1H. The molecule has 6 nitrogen and oxygen atoms in total. The number of nitrogens with one attached hydrogen (secondary N) is 1. The quantitative estimate of drug-likeness (QED) is 0.249. The molecule has 1 amide bonds. The number of hydrogen-bond acceptors (Lipinski definition) is 3. The Balaban J connectivity index is 0.00000484. The molecule has 1 rings (SSSR count). The van der Waals surface area contributed by atoms with E-state index in [4.69, 9.17) is 10.5 Å². The van der Waals surface area contributed by atoms with Crippen LogP contribution in [0.2, 0.25) is 0 Å². The van der Waals surface area contributed by atoms with E-state index in [1.54, 1.807) is 7.05 Å². The van der Waals surface area contributed by atoms with E-state index in [0.717, 1.165) is 64.5 Å². The van der Waals surface area contributed by atoms with Crippen molar-refractivity contribution < 1.29 is 9.53 Å². The van der Waals surface area contributed by atoms with Crippen molar-refractivity contribution in [3.8, 4) is 0 Å². The van der Waals surface area contributed by atoms with Crippen molar-refractivity contribution in [3.05, 3.63) is 0 Å². The van der Waals surface area contributed by atoms with Gasteiger partial charge < -0.3 is 20.7 Å². The highest BCUT2D eigenvalue weighted by molar-refractivity contribution is 14.0. The molecular weight excluding hydrogens is 407 g/mol. The second kappa shape index (κ2) is 13.8. The van der Waals surface area contributed by atoms with Crippen LogP contribution < -0.4 is 11.1 Å². The van der Waals surface area contributed by atoms with Gasteiger partial charge in [0, 0.05) is 46.3 Å². The molecule has 0 saturated carbocycles. The lowest BCUT2D eigenvalue weighted by atomic mass is 9.95. The Labute approximate surface area is 157 Å². The van der Waals surface area contributed by atoms with Crippen LogP contribution in [0.3, 0.4) is 0 Å². The molecule has 0 aromatic carbocycles. The number of nitrogens with two attached hydrogens (primary N) is 1. The van der Waals surface area contributed by atoms with Gasteiger partial charge in [-0.2, -0.15) is 0 Å². The summed E-state index contributed by atoms with van der Waals surface area (Å²) >= 11 is 0. The number of unbranched alkanes of at least 4 members (excludes halogenated alkanes) is 1. The van der Waals surface area contributed by atoms with E-state index >= 15 is 0 Å². The van der Waals surface area contributed by atoms with Gasteiger partial charge >= 0.3 is 0 Å². The van der Waals surface area contributed by atoms with Gasteiger partial charge in [-0.3, -0.25) is 9.79 Å². The number of carbonyl (C=O) groups is 1. The molecule has 3 N–H and O–H groups in total. The van der Waals surface area contributed by atoms with Crippen LogP contribution in [0.4, 0.5) is 0 Å². The Morgan fingerprint density at radius 2 is 2.13 bits per heavy atom. The van der Waals surface area contributed by atoms with Gasteiger partial charge in [0.05, 0.1) is 0 Å². The van der Waals surface area contributed by atoms with Crippen LogP contribution in [-0.4, -0.2) is 56.7 Å². The largest absolute Gasteiger partial charge is 0.381 e. The molecule has 1 saturated heterocycles. The maximum absolute atomic E-state index is 11.1. The van der Waals surface area contributed by atoms with Gasteiger partial charge in [0.1, 0.15) is 0 Å². The fraction of sp³-hybridized carbons (Fsp3) is 0.875. The minimum Gasteiger partial charge on any atom is -0.381 e. The molecule has 1 unspecified atom stereocenters. The van der Waals surface area contributed by atoms with Crippen molar-refractivity contribution in [2.24, 2.45) is 16.6 Å². The van der Waals surface area contributed by atoms with Gasteiger partial charge in [0.25, 0.3) is 0 Å². The Hall–Kier alpha value is -0.570. The highest BCUT2D eigenvalue weighted by Gasteiger charge is 2.23. The zero-order chi connectivity index (χ0) is 16.2. The van der Waals surface area contributed by atoms with Crippen LogP contribution in [0, 0.1) is 5.92 Å². The van der Waals surface area contributed by atoms with Gasteiger partial charge in [0.2, 0.25) is 5.91 Å². The summed E-state index contributed by atoms with van der Waals surface area (Å²) in [5.41, 5.74) is 5.31. The molecule has 1 aliphatic heterocycles. The normalized spacial score (nSPS) is 18.4. The molecule has 7 heteroatoms. The summed E-state index contributed by atoms with van der Waals surface area (Å²) in [4.78, 5) is 17.7. The van der Waals surface area contributed by atoms with Gasteiger partial charge in [-0.25, -0.2) is 0 Å². The lowest BCUT2D eigenvalue weighted by molar-refractivity contribution is -0.119. The number of guanidine groups is 1. The fourth-order valence-electron chi connectivity index (χ4n) is 2.76. The molecule has 1 atom stereocenters. The smallest absolute Gasteiger partial charge is 0.217 e. The SMILES string of the molecule is CCCCOCCCNC(=NC)N1CCCC(CC(N)=O)C1.I. The topological polar surface area (TPSA) is 79.9 Å². The van der Waals surface area contributed by atoms with Crippen molar-refractivity contribution in [1.29, 1.82) is 0 Å². The number of likely N-dealkylation sites (tertiary alicyclic amines) is 1. The Morgan fingerprint density at radius 1 is 1.39 bits per heavy atom. The third-order valence-corrected chi connectivity index (χ3v) is 3.91. The molecule has 0 aromatic heterocycles. The van der Waals surface area contributed by atoms with Crippen LogP contribution in [0.1, 0.15) is 45.4 Å². The van der Waals surface area contributed by atoms with Crippen molar-refractivity contribution in [2.75, 3.05) is 39.9 Å². The Bertz CT molecular complexity index is 353. The minimum atomic E-state index is -0.209. The first kappa shape index (κ1) is 22.4. The fourth-order valence-corrected chi connectivity index (χ4v) is 2.76. The van der Waals surface area contributed by atoms with Gasteiger partial charge in [-0.15, -0.1) is 24.0 Å². The number of hydrogen-bond donors (Lipinski definition) is 2. The predicted octanol–water partition coefficient (Wildman–Crippen LogP) is 1.97. The number of carbonyl (C=O) groups excluding carboxylic acids is 1. The van der Waals surface area contributed by atoms with Crippen LogP contribution in [0.5, 0.6) is 0 Å². The molecule has 1 fully saturated rings. The number of amides is 1. The van der Waals surface area contributed by atoms with Crippen LogP contribution in [-0.2, 0) is 9.53 Å². The summed E-state index contributed by atoms with van der Waals surface area (Å²) in [6.07, 6.45) is 5.90. The summed E-state index contributed by atoms with van der Waals surface area (Å²) in [6.45, 7) is 6.51. The average Bonchev–Trinajstić information content (AvgIpc) is 2.50. The molecule has 1 heterocycles. The Morgan fingerprint density at radius 3 is 2.78 bits per heavy atom. The molecule has 0 radical (unpaired) electrons. The van der Waals surface area contributed by atoms with Gasteiger partial charge in [-0.1, -0.05) is 13.3 Å². The molecule has 0 spiro atoms. The Kier molecular flexibility index (Phi) is 13.5. The predicted molar refractivity (Wildman–Crippen MR) is 105 cm³/mol. The zero-order valence-corrected chi connectivity index (χ0v) is 16.9. The van der Waals surface area contributed by atoms with Crippen LogP contribution in [0.15, 0.2) is 4.99 Å². The number of aliphatic imine (C=N–C) groups is 1. The summed E-state index contributed by atoms with van der Waals surface area (Å²) in [6, 6.07) is 0. The van der Waals surface area contributed by atoms with E-state index in [9.17, 15) is 4.79 Å². The first-order valence-corrected chi connectivity index (χ1v) is 8.49. The summed E-state index contributed by atoms with van der Waals surface area (Å²) in [7, 11) is 1.80. The number of rotatable bonds is 9. The van der Waals surface area contributed by atoms with Crippen molar-refractivity contribution >= 4 is 35.8 Å². The van der Waals surface area contributed by atoms with Crippen molar-refractivity contribution in [1.82, 2.24) is 10.2 Å². The van der Waals surface area contributed by atoms with Gasteiger partial charge in [0.15, 0.2) is 5.96 Å². The number of halogens is 1. The van der Waals surface area contributed by atoms with E-state index < -0.39 is 0 Å². The first-order chi connectivity index (χ1) is 10.7. The third-order valence-electron chi connectivity index (χ3n) is 3.91. The highest BCUT2D eigenvalue weighted by atomic mass is 127. The van der Waals surface area contributed by atoms with Crippen LogP contribution in [0.25, 0.3) is 0 Å². The highest BCUT2D eigenvalue weighted by Crippen LogP contribution is 2.19. The number of primary amides is 1. The molecule has 23 heavy (non-hydrogen) atoms. The minimum absolute atomic E-state index is 0. The van der Waals surface area contributed by atoms with E-state index in [1.807, 2.05) is 0 Å². The first-order valence-electron chi connectivity index (χ1n) is 8.49. The second-order valence-electron chi connectivity index (χ2n) is 5.92. The second-order valence-corrected chi connectivity index (χ2v) is 5.92. The van der Waals surface area contributed by atoms with Crippen LogP contribution >= 0.6 is 24.0 Å². The summed E-state index contributed by atoms with van der Waals surface area (Å²) < 4.78 is 5.55. The van der Waals surface area contributed by atoms with Crippen molar-refractivity contribution in [3.63, 3.8) is 0 Å². The molecular formula is C16H33IN4O2. The monoisotopic (exact) mass is 440 g/mol. The number of ether oxygens (including phenoxy) is 1. The third kappa shape index (κ3) is 10.0. The number of piperidine rings is 1. The summed E-state index contributed by atoms with van der Waals surface area (Å²) in [5, 5.41) is 3.38. The molecule has 0 bridgehead atoms. The molecule has 0 aromatic rings. The average molecular weight is 440 g/mol. The van der Waals surface area contributed by atoms with E-state index in [2.05, 4.69) is 22.1 Å². The molecule has 136 valence electrons. The van der Waals surface area contributed by atoms with E-state index in [-0.39, 0.29) is 29.9 Å². The van der Waals surface area contributed by atoms with E-state index in [0.29, 0.717) is 12.3 Å².